The highest BCUT2D eigenvalue weighted by Crippen LogP contribution is 2.46. The summed E-state index contributed by atoms with van der Waals surface area (Å²) in [5, 5.41) is 6.90. The average molecular weight is 351 g/mol. The van der Waals surface area contributed by atoms with E-state index in [1.807, 2.05) is 31.9 Å². The molecule has 1 amide bonds. The summed E-state index contributed by atoms with van der Waals surface area (Å²) in [4.78, 5) is 14.9. The van der Waals surface area contributed by atoms with Crippen molar-refractivity contribution in [2.45, 2.75) is 52.1 Å². The molecular weight excluding hydrogens is 322 g/mol. The fourth-order valence-electron chi connectivity index (χ4n) is 3.71. The molecule has 0 aromatic heterocycles. The molecule has 0 spiro atoms. The lowest BCUT2D eigenvalue weighted by Gasteiger charge is -2.25. The molecule has 0 fully saturated rings. The van der Waals surface area contributed by atoms with Gasteiger partial charge in [0, 0.05) is 19.1 Å². The molecule has 138 valence electrons. The van der Waals surface area contributed by atoms with Crippen molar-refractivity contribution in [2.24, 2.45) is 0 Å². The van der Waals surface area contributed by atoms with Crippen molar-refractivity contribution in [3.8, 4) is 0 Å². The first-order valence-electron chi connectivity index (χ1n) is 9.28. The van der Waals surface area contributed by atoms with Crippen LogP contribution < -0.4 is 15.5 Å². The van der Waals surface area contributed by atoms with E-state index in [0.717, 1.165) is 22.6 Å². The van der Waals surface area contributed by atoms with Crippen LogP contribution in [0.25, 0.3) is 0 Å². The van der Waals surface area contributed by atoms with E-state index in [1.54, 1.807) is 0 Å². The molecule has 0 saturated heterocycles. The molecule has 0 bridgehead atoms. The van der Waals surface area contributed by atoms with E-state index < -0.39 is 5.41 Å². The van der Waals surface area contributed by atoms with Crippen LogP contribution in [0.1, 0.15) is 51.8 Å². The molecule has 1 heterocycles. The molecular formula is C22H29N3O. The molecule has 2 N–H and O–H groups in total. The highest BCUT2D eigenvalue weighted by molar-refractivity contribution is 6.09. The molecule has 3 rings (SSSR count). The van der Waals surface area contributed by atoms with Gasteiger partial charge in [0.25, 0.3) is 0 Å². The van der Waals surface area contributed by atoms with Crippen molar-refractivity contribution >= 4 is 23.0 Å². The van der Waals surface area contributed by atoms with E-state index in [0.29, 0.717) is 0 Å². The number of rotatable bonds is 5. The molecule has 0 unspecified atom stereocenters. The smallest absolute Gasteiger partial charge is 0.237 e. The van der Waals surface area contributed by atoms with E-state index in [-0.39, 0.29) is 18.0 Å². The van der Waals surface area contributed by atoms with Crippen LogP contribution in [0, 0.1) is 0 Å². The second-order valence-electron chi connectivity index (χ2n) is 7.84. The largest absolute Gasteiger partial charge is 0.386 e. The maximum absolute atomic E-state index is 13.0. The van der Waals surface area contributed by atoms with E-state index in [9.17, 15) is 4.79 Å². The Morgan fingerprint density at radius 1 is 1.00 bits per heavy atom. The first-order chi connectivity index (χ1) is 12.3. The Kier molecular flexibility index (Phi) is 4.70. The molecule has 1 aliphatic heterocycles. The van der Waals surface area contributed by atoms with Gasteiger partial charge in [-0.1, -0.05) is 30.3 Å². The zero-order chi connectivity index (χ0) is 19.1. The number of fused-ring (bicyclic) bond motifs is 1. The summed E-state index contributed by atoms with van der Waals surface area (Å²) in [5.41, 5.74) is 4.84. The van der Waals surface area contributed by atoms with Crippen LogP contribution in [0.3, 0.4) is 0 Å². The van der Waals surface area contributed by atoms with Crippen LogP contribution in [-0.2, 0) is 10.2 Å². The summed E-state index contributed by atoms with van der Waals surface area (Å²) >= 11 is 0. The van der Waals surface area contributed by atoms with Gasteiger partial charge in [-0.2, -0.15) is 0 Å². The summed E-state index contributed by atoms with van der Waals surface area (Å²) < 4.78 is 0. The van der Waals surface area contributed by atoms with Crippen LogP contribution >= 0.6 is 0 Å². The molecule has 0 aliphatic carbocycles. The summed E-state index contributed by atoms with van der Waals surface area (Å²) in [6, 6.07) is 14.9. The number of amides is 1. The van der Waals surface area contributed by atoms with Crippen LogP contribution in [-0.4, -0.2) is 19.0 Å². The van der Waals surface area contributed by atoms with Crippen molar-refractivity contribution in [1.29, 1.82) is 0 Å². The van der Waals surface area contributed by atoms with Gasteiger partial charge < -0.3 is 15.5 Å². The number of benzene rings is 2. The fraction of sp³-hybridized carbons (Fsp3) is 0.409. The molecule has 2 aromatic carbocycles. The zero-order valence-corrected chi connectivity index (χ0v) is 16.6. The van der Waals surface area contributed by atoms with E-state index in [1.165, 1.54) is 5.56 Å². The second kappa shape index (κ2) is 6.67. The van der Waals surface area contributed by atoms with Gasteiger partial charge in [-0.3, -0.25) is 4.79 Å². The SMILES string of the molecule is CNc1cc2c(cc1N[C@@H](C)c1ccccc1)N(C(C)C)C(=O)C2(C)C. The maximum atomic E-state index is 13.0. The lowest BCUT2D eigenvalue weighted by Crippen LogP contribution is -2.40. The third-order valence-electron chi connectivity index (χ3n) is 5.28. The van der Waals surface area contributed by atoms with Gasteiger partial charge >= 0.3 is 0 Å². The number of anilines is 3. The Bertz CT molecular complexity index is 812. The number of nitrogens with zero attached hydrogens (tertiary/aromatic N) is 1. The van der Waals surface area contributed by atoms with Crippen LogP contribution in [0.15, 0.2) is 42.5 Å². The highest BCUT2D eigenvalue weighted by Gasteiger charge is 2.45. The maximum Gasteiger partial charge on any atom is 0.237 e. The van der Waals surface area contributed by atoms with Crippen molar-refractivity contribution < 1.29 is 4.79 Å². The Morgan fingerprint density at radius 3 is 2.23 bits per heavy atom. The van der Waals surface area contributed by atoms with Crippen molar-refractivity contribution in [2.75, 3.05) is 22.6 Å². The van der Waals surface area contributed by atoms with Gasteiger partial charge in [0.15, 0.2) is 0 Å². The molecule has 0 radical (unpaired) electrons. The lowest BCUT2D eigenvalue weighted by atomic mass is 9.85. The van der Waals surface area contributed by atoms with Crippen molar-refractivity contribution in [3.63, 3.8) is 0 Å². The molecule has 4 nitrogen and oxygen atoms in total. The fourth-order valence-corrected chi connectivity index (χ4v) is 3.71. The van der Waals surface area contributed by atoms with Crippen molar-refractivity contribution in [1.82, 2.24) is 0 Å². The number of nitrogens with one attached hydrogen (secondary N) is 2. The normalized spacial score (nSPS) is 16.6. The predicted molar refractivity (Wildman–Crippen MR) is 110 cm³/mol. The summed E-state index contributed by atoms with van der Waals surface area (Å²) in [5.74, 6) is 0.165. The Balaban J connectivity index is 2.04. The topological polar surface area (TPSA) is 44.4 Å². The Labute approximate surface area is 156 Å². The van der Waals surface area contributed by atoms with Gasteiger partial charge in [-0.25, -0.2) is 0 Å². The monoisotopic (exact) mass is 351 g/mol. The van der Waals surface area contributed by atoms with Gasteiger partial charge in [0.2, 0.25) is 5.91 Å². The van der Waals surface area contributed by atoms with Crippen molar-refractivity contribution in [3.05, 3.63) is 53.6 Å². The van der Waals surface area contributed by atoms with E-state index >= 15 is 0 Å². The quantitative estimate of drug-likeness (QED) is 0.802. The summed E-state index contributed by atoms with van der Waals surface area (Å²) in [6.07, 6.45) is 0. The number of carbonyl (C=O) groups excluding carboxylic acids is 1. The molecule has 26 heavy (non-hydrogen) atoms. The Hall–Kier alpha value is -2.49. The standard InChI is InChI=1S/C22H29N3O/c1-14(2)25-20-13-19(24-15(3)16-10-8-7-9-11-16)18(23-6)12-17(20)22(4,5)21(25)26/h7-15,23-24H,1-6H3/t15-/m0/s1. The minimum Gasteiger partial charge on any atom is -0.386 e. The van der Waals surface area contributed by atoms with Crippen LogP contribution in [0.5, 0.6) is 0 Å². The molecule has 2 aromatic rings. The highest BCUT2D eigenvalue weighted by atomic mass is 16.2. The summed E-state index contributed by atoms with van der Waals surface area (Å²) in [6.45, 7) is 10.3. The minimum absolute atomic E-state index is 0.128. The Morgan fingerprint density at radius 2 is 1.65 bits per heavy atom. The third-order valence-corrected chi connectivity index (χ3v) is 5.28. The number of hydrogen-bond donors (Lipinski definition) is 2. The van der Waals surface area contributed by atoms with E-state index in [4.69, 9.17) is 0 Å². The zero-order valence-electron chi connectivity index (χ0n) is 16.6. The van der Waals surface area contributed by atoms with E-state index in [2.05, 4.69) is 67.8 Å². The molecule has 1 aliphatic rings. The van der Waals surface area contributed by atoms with Crippen LogP contribution in [0.2, 0.25) is 0 Å². The molecule has 0 saturated carbocycles. The summed E-state index contributed by atoms with van der Waals surface area (Å²) in [7, 11) is 1.92. The number of hydrogen-bond acceptors (Lipinski definition) is 3. The van der Waals surface area contributed by atoms with Gasteiger partial charge in [-0.05, 0) is 57.9 Å². The van der Waals surface area contributed by atoms with Crippen LogP contribution in [0.4, 0.5) is 17.1 Å². The molecule has 4 heteroatoms. The van der Waals surface area contributed by atoms with Gasteiger partial charge in [0.05, 0.1) is 22.5 Å². The minimum atomic E-state index is -0.505. The third kappa shape index (κ3) is 2.94. The first-order valence-corrected chi connectivity index (χ1v) is 9.28. The van der Waals surface area contributed by atoms with Gasteiger partial charge in [0.1, 0.15) is 0 Å². The molecule has 1 atom stereocenters. The first kappa shape index (κ1) is 18.3. The average Bonchev–Trinajstić information content (AvgIpc) is 2.81. The second-order valence-corrected chi connectivity index (χ2v) is 7.84. The lowest BCUT2D eigenvalue weighted by molar-refractivity contribution is -0.122. The predicted octanol–water partition coefficient (Wildman–Crippen LogP) is 4.93. The van der Waals surface area contributed by atoms with Gasteiger partial charge in [-0.15, -0.1) is 0 Å². The number of carbonyl (C=O) groups is 1.